The SMILES string of the molecule is Cc1ccc2c(c1)CC1C(=O)NC21. The molecule has 1 aromatic rings. The van der Waals surface area contributed by atoms with E-state index in [0.717, 1.165) is 6.42 Å². The lowest BCUT2D eigenvalue weighted by Gasteiger charge is -2.31. The van der Waals surface area contributed by atoms with E-state index in [-0.39, 0.29) is 11.8 Å². The van der Waals surface area contributed by atoms with Crippen molar-refractivity contribution in [2.24, 2.45) is 5.92 Å². The molecule has 1 aromatic carbocycles. The number of carbonyl (C=O) groups is 1. The molecule has 1 heterocycles. The Kier molecular flexibility index (Phi) is 1.17. The van der Waals surface area contributed by atoms with E-state index < -0.39 is 0 Å². The number of carbonyl (C=O) groups excluding carboxylic acids is 1. The van der Waals surface area contributed by atoms with Crippen LogP contribution in [0.4, 0.5) is 0 Å². The quantitative estimate of drug-likeness (QED) is 0.589. The minimum atomic E-state index is 0.221. The second kappa shape index (κ2) is 2.13. The molecule has 2 heteroatoms. The summed E-state index contributed by atoms with van der Waals surface area (Å²) in [7, 11) is 0. The predicted molar refractivity (Wildman–Crippen MR) is 49.3 cm³/mol. The summed E-state index contributed by atoms with van der Waals surface area (Å²) in [6.45, 7) is 2.09. The van der Waals surface area contributed by atoms with E-state index in [1.807, 2.05) is 0 Å². The number of amides is 1. The van der Waals surface area contributed by atoms with Crippen molar-refractivity contribution < 1.29 is 4.79 Å². The van der Waals surface area contributed by atoms with E-state index in [0.29, 0.717) is 6.04 Å². The van der Waals surface area contributed by atoms with E-state index in [2.05, 4.69) is 30.4 Å². The summed E-state index contributed by atoms with van der Waals surface area (Å²) in [5.41, 5.74) is 3.97. The summed E-state index contributed by atoms with van der Waals surface area (Å²) in [4.78, 5) is 11.2. The molecule has 1 saturated heterocycles. The normalized spacial score (nSPS) is 28.8. The molecular formula is C11H11NO. The number of hydrogen-bond donors (Lipinski definition) is 1. The topological polar surface area (TPSA) is 29.1 Å². The van der Waals surface area contributed by atoms with Crippen LogP contribution in [0.25, 0.3) is 0 Å². The Morgan fingerprint density at radius 2 is 2.31 bits per heavy atom. The minimum absolute atomic E-state index is 0.221. The molecule has 1 amide bonds. The first-order chi connectivity index (χ1) is 6.25. The lowest BCUT2D eigenvalue weighted by molar-refractivity contribution is -0.134. The van der Waals surface area contributed by atoms with Gasteiger partial charge in [-0.1, -0.05) is 23.8 Å². The first-order valence-electron chi connectivity index (χ1n) is 4.65. The van der Waals surface area contributed by atoms with Gasteiger partial charge in [-0.25, -0.2) is 0 Å². The largest absolute Gasteiger partial charge is 0.348 e. The van der Waals surface area contributed by atoms with Crippen LogP contribution in [0.5, 0.6) is 0 Å². The third-order valence-corrected chi connectivity index (χ3v) is 3.11. The van der Waals surface area contributed by atoms with Crippen molar-refractivity contribution in [1.82, 2.24) is 5.32 Å². The van der Waals surface area contributed by atoms with Crippen molar-refractivity contribution >= 4 is 5.91 Å². The van der Waals surface area contributed by atoms with E-state index >= 15 is 0 Å². The van der Waals surface area contributed by atoms with Crippen molar-refractivity contribution in [2.45, 2.75) is 19.4 Å². The molecule has 1 aliphatic heterocycles. The summed E-state index contributed by atoms with van der Waals surface area (Å²) in [5, 5.41) is 2.94. The highest BCUT2D eigenvalue weighted by Gasteiger charge is 2.45. The Hall–Kier alpha value is -1.31. The first kappa shape index (κ1) is 7.13. The molecule has 0 aromatic heterocycles. The lowest BCUT2D eigenvalue weighted by Crippen LogP contribution is -2.49. The first-order valence-corrected chi connectivity index (χ1v) is 4.65. The molecule has 3 rings (SSSR count). The Morgan fingerprint density at radius 1 is 1.46 bits per heavy atom. The summed E-state index contributed by atoms with van der Waals surface area (Å²) < 4.78 is 0. The fraction of sp³-hybridized carbons (Fsp3) is 0.364. The number of aryl methyl sites for hydroxylation is 1. The molecule has 1 fully saturated rings. The third kappa shape index (κ3) is 0.804. The Labute approximate surface area is 77.0 Å². The highest BCUT2D eigenvalue weighted by molar-refractivity contribution is 5.88. The number of benzene rings is 1. The van der Waals surface area contributed by atoms with Gasteiger partial charge in [0.15, 0.2) is 0 Å². The van der Waals surface area contributed by atoms with E-state index in [9.17, 15) is 4.79 Å². The van der Waals surface area contributed by atoms with Gasteiger partial charge in [0.1, 0.15) is 0 Å². The van der Waals surface area contributed by atoms with Crippen molar-refractivity contribution in [1.29, 1.82) is 0 Å². The minimum Gasteiger partial charge on any atom is -0.348 e. The molecule has 1 aliphatic carbocycles. The van der Waals surface area contributed by atoms with E-state index in [1.54, 1.807) is 0 Å². The van der Waals surface area contributed by atoms with Crippen LogP contribution in [-0.2, 0) is 11.2 Å². The average Bonchev–Trinajstić information content (AvgIpc) is 2.39. The zero-order valence-corrected chi connectivity index (χ0v) is 7.50. The Morgan fingerprint density at radius 3 is 3.08 bits per heavy atom. The molecule has 0 radical (unpaired) electrons. The second-order valence-corrected chi connectivity index (χ2v) is 4.00. The molecule has 2 atom stereocenters. The molecule has 0 saturated carbocycles. The van der Waals surface area contributed by atoms with Crippen LogP contribution in [0.3, 0.4) is 0 Å². The molecule has 2 unspecified atom stereocenters. The lowest BCUT2D eigenvalue weighted by atomic mass is 9.92. The molecule has 13 heavy (non-hydrogen) atoms. The van der Waals surface area contributed by atoms with Crippen LogP contribution in [-0.4, -0.2) is 5.91 Å². The zero-order chi connectivity index (χ0) is 9.00. The highest BCUT2D eigenvalue weighted by Crippen LogP contribution is 2.41. The molecule has 0 bridgehead atoms. The molecular weight excluding hydrogens is 162 g/mol. The maximum absolute atomic E-state index is 11.2. The maximum atomic E-state index is 11.2. The standard InChI is InChI=1S/C11H11NO/c1-6-2-3-8-7(4-6)5-9-10(8)12-11(9)13/h2-4,9-10H,5H2,1H3,(H,12,13). The smallest absolute Gasteiger partial charge is 0.226 e. The molecule has 2 nitrogen and oxygen atoms in total. The fourth-order valence-electron chi connectivity index (χ4n) is 2.37. The molecule has 0 spiro atoms. The van der Waals surface area contributed by atoms with E-state index in [4.69, 9.17) is 0 Å². The van der Waals surface area contributed by atoms with Gasteiger partial charge in [0.25, 0.3) is 0 Å². The van der Waals surface area contributed by atoms with Gasteiger partial charge in [0, 0.05) is 0 Å². The third-order valence-electron chi connectivity index (χ3n) is 3.11. The summed E-state index contributed by atoms with van der Waals surface area (Å²) in [5.74, 6) is 0.454. The fourth-order valence-corrected chi connectivity index (χ4v) is 2.37. The van der Waals surface area contributed by atoms with Crippen molar-refractivity contribution in [3.8, 4) is 0 Å². The monoisotopic (exact) mass is 173 g/mol. The van der Waals surface area contributed by atoms with Crippen LogP contribution >= 0.6 is 0 Å². The van der Waals surface area contributed by atoms with Crippen molar-refractivity contribution in [3.05, 3.63) is 34.9 Å². The second-order valence-electron chi connectivity index (χ2n) is 4.00. The summed E-state index contributed by atoms with van der Waals surface area (Å²) >= 11 is 0. The van der Waals surface area contributed by atoms with Crippen LogP contribution in [0.2, 0.25) is 0 Å². The highest BCUT2D eigenvalue weighted by atomic mass is 16.2. The van der Waals surface area contributed by atoms with Gasteiger partial charge in [0.2, 0.25) is 5.91 Å². The molecule has 1 N–H and O–H groups in total. The van der Waals surface area contributed by atoms with Gasteiger partial charge >= 0.3 is 0 Å². The van der Waals surface area contributed by atoms with Gasteiger partial charge in [-0.2, -0.15) is 0 Å². The maximum Gasteiger partial charge on any atom is 0.226 e. The Balaban J connectivity index is 2.09. The van der Waals surface area contributed by atoms with Crippen LogP contribution in [0.1, 0.15) is 22.7 Å². The van der Waals surface area contributed by atoms with Crippen molar-refractivity contribution in [3.63, 3.8) is 0 Å². The van der Waals surface area contributed by atoms with Gasteiger partial charge in [-0.15, -0.1) is 0 Å². The number of nitrogens with one attached hydrogen (secondary N) is 1. The number of β-lactam (4-membered cyclic amide) rings is 1. The average molecular weight is 173 g/mol. The summed E-state index contributed by atoms with van der Waals surface area (Å²) in [6, 6.07) is 6.78. The van der Waals surface area contributed by atoms with Crippen LogP contribution in [0.15, 0.2) is 18.2 Å². The Bertz CT molecular complexity index is 397. The molecule has 2 aliphatic rings. The number of fused-ring (bicyclic) bond motifs is 3. The zero-order valence-electron chi connectivity index (χ0n) is 7.50. The summed E-state index contributed by atoms with van der Waals surface area (Å²) in [6.07, 6.45) is 0.938. The number of rotatable bonds is 0. The van der Waals surface area contributed by atoms with Gasteiger partial charge < -0.3 is 5.32 Å². The molecule has 66 valence electrons. The predicted octanol–water partition coefficient (Wildman–Crippen LogP) is 1.34. The van der Waals surface area contributed by atoms with Crippen LogP contribution in [0, 0.1) is 12.8 Å². The van der Waals surface area contributed by atoms with Crippen LogP contribution < -0.4 is 5.32 Å². The van der Waals surface area contributed by atoms with Gasteiger partial charge in [0.05, 0.1) is 12.0 Å². The van der Waals surface area contributed by atoms with E-state index in [1.165, 1.54) is 16.7 Å². The number of hydrogen-bond acceptors (Lipinski definition) is 1. The van der Waals surface area contributed by atoms with Crippen molar-refractivity contribution in [2.75, 3.05) is 0 Å². The van der Waals surface area contributed by atoms with Gasteiger partial charge in [-0.3, -0.25) is 4.79 Å². The van der Waals surface area contributed by atoms with Gasteiger partial charge in [-0.05, 0) is 24.5 Å².